The molecule has 1 amide bonds. The first-order valence-electron chi connectivity index (χ1n) is 12.6. The summed E-state index contributed by atoms with van der Waals surface area (Å²) in [4.78, 5) is 49.6. The van der Waals surface area contributed by atoms with Crippen LogP contribution in [0.1, 0.15) is 39.1 Å². The molecule has 0 aliphatic rings. The molecule has 0 fully saturated rings. The third-order valence-electron chi connectivity index (χ3n) is 5.95. The Balaban J connectivity index is 0.000000646. The van der Waals surface area contributed by atoms with Crippen LogP contribution in [-0.2, 0) is 9.59 Å². The van der Waals surface area contributed by atoms with Gasteiger partial charge in [-0.1, -0.05) is 48.5 Å². The highest BCUT2D eigenvalue weighted by Gasteiger charge is 2.38. The molecule has 13 heteroatoms. The number of hydrogen-bond acceptors (Lipinski definition) is 7. The van der Waals surface area contributed by atoms with Gasteiger partial charge in [0.05, 0.1) is 6.04 Å². The Morgan fingerprint density at radius 3 is 2.09 bits per heavy atom. The number of ether oxygens (including phenoxy) is 1. The number of pyridine rings is 1. The number of amides is 1. The summed E-state index contributed by atoms with van der Waals surface area (Å²) >= 11 is 0. The number of aromatic nitrogens is 1. The highest BCUT2D eigenvalue weighted by atomic mass is 19.4. The lowest BCUT2D eigenvalue weighted by Gasteiger charge is -2.19. The highest BCUT2D eigenvalue weighted by molar-refractivity contribution is 6.09. The minimum Gasteiger partial charge on any atom is -0.491 e. The largest absolute Gasteiger partial charge is 0.491 e. The van der Waals surface area contributed by atoms with E-state index in [0.29, 0.717) is 28.3 Å². The van der Waals surface area contributed by atoms with Crippen molar-refractivity contribution in [2.24, 2.45) is 0 Å². The van der Waals surface area contributed by atoms with Gasteiger partial charge in [-0.15, -0.1) is 0 Å². The van der Waals surface area contributed by atoms with Crippen molar-refractivity contribution in [2.75, 3.05) is 12.3 Å². The number of halogens is 3. The molecular weight excluding hydrogens is 571 g/mol. The molecule has 10 nitrogen and oxygen atoms in total. The number of aliphatic carboxylic acids is 2. The van der Waals surface area contributed by atoms with E-state index in [0.717, 1.165) is 10.8 Å². The number of alkyl halides is 3. The number of rotatable bonds is 10. The fraction of sp³-hybridized carbons (Fsp3) is 0.167. The first-order chi connectivity index (χ1) is 20.3. The van der Waals surface area contributed by atoms with Crippen molar-refractivity contribution < 1.29 is 47.3 Å². The molecule has 224 valence electrons. The smallest absolute Gasteiger partial charge is 0.490 e. The maximum absolute atomic E-state index is 12.9. The van der Waals surface area contributed by atoms with Crippen LogP contribution in [0.4, 0.5) is 19.0 Å². The molecule has 5 N–H and O–H groups in total. The second kappa shape index (κ2) is 14.4. The zero-order chi connectivity index (χ0) is 31.6. The molecule has 0 aliphatic carbocycles. The first kappa shape index (κ1) is 32.1. The van der Waals surface area contributed by atoms with E-state index in [-0.39, 0.29) is 31.1 Å². The van der Waals surface area contributed by atoms with Crippen molar-refractivity contribution in [3.63, 3.8) is 0 Å². The Kier molecular flexibility index (Phi) is 10.8. The predicted molar refractivity (Wildman–Crippen MR) is 150 cm³/mol. The predicted octanol–water partition coefficient (Wildman–Crippen LogP) is 4.72. The van der Waals surface area contributed by atoms with Crippen molar-refractivity contribution in [2.45, 2.75) is 25.1 Å². The van der Waals surface area contributed by atoms with Crippen LogP contribution in [0.2, 0.25) is 0 Å². The van der Waals surface area contributed by atoms with Crippen molar-refractivity contribution >= 4 is 40.2 Å². The average Bonchev–Trinajstić information content (AvgIpc) is 2.98. The molecule has 0 spiro atoms. The monoisotopic (exact) mass is 597 g/mol. The Morgan fingerprint density at radius 2 is 1.49 bits per heavy atom. The lowest BCUT2D eigenvalue weighted by atomic mass is 10.0. The van der Waals surface area contributed by atoms with Crippen molar-refractivity contribution in [3.05, 3.63) is 102 Å². The number of ketones is 1. The molecule has 1 aromatic heterocycles. The van der Waals surface area contributed by atoms with Gasteiger partial charge >= 0.3 is 18.1 Å². The second-order valence-electron chi connectivity index (χ2n) is 9.07. The van der Waals surface area contributed by atoms with Gasteiger partial charge in [-0.3, -0.25) is 14.4 Å². The number of carbonyl (C=O) groups excluding carboxylic acids is 2. The average molecular weight is 598 g/mol. The number of benzene rings is 3. The quantitative estimate of drug-likeness (QED) is 0.189. The molecule has 4 rings (SSSR count). The third kappa shape index (κ3) is 9.56. The highest BCUT2D eigenvalue weighted by Crippen LogP contribution is 2.24. The molecule has 0 aliphatic heterocycles. The van der Waals surface area contributed by atoms with Crippen LogP contribution in [0.15, 0.2) is 85.1 Å². The number of fused-ring (bicyclic) bond motifs is 1. The van der Waals surface area contributed by atoms with Gasteiger partial charge in [-0.25, -0.2) is 9.78 Å². The molecule has 0 radical (unpaired) electrons. The van der Waals surface area contributed by atoms with E-state index in [1.165, 1.54) is 0 Å². The number of carboxylic acids is 2. The minimum atomic E-state index is -5.08. The van der Waals surface area contributed by atoms with Gasteiger partial charge in [0.1, 0.15) is 18.2 Å². The Hall–Kier alpha value is -5.46. The number of hydrogen-bond donors (Lipinski definition) is 4. The lowest BCUT2D eigenvalue weighted by molar-refractivity contribution is -0.192. The number of carboxylic acid groups (broad SMARTS) is 2. The fourth-order valence-corrected chi connectivity index (χ4v) is 3.75. The molecule has 0 bridgehead atoms. The van der Waals surface area contributed by atoms with E-state index >= 15 is 0 Å². The van der Waals surface area contributed by atoms with E-state index in [9.17, 15) is 27.6 Å². The topological polar surface area (TPSA) is 169 Å². The van der Waals surface area contributed by atoms with Crippen LogP contribution >= 0.6 is 0 Å². The third-order valence-corrected chi connectivity index (χ3v) is 5.95. The zero-order valence-electron chi connectivity index (χ0n) is 22.4. The number of anilines is 1. The fourth-order valence-electron chi connectivity index (χ4n) is 3.75. The van der Waals surface area contributed by atoms with E-state index in [2.05, 4.69) is 10.3 Å². The van der Waals surface area contributed by atoms with Gasteiger partial charge in [0, 0.05) is 34.7 Å². The van der Waals surface area contributed by atoms with Gasteiger partial charge in [-0.05, 0) is 42.1 Å². The second-order valence-corrected chi connectivity index (χ2v) is 9.07. The molecule has 3 aromatic carbocycles. The van der Waals surface area contributed by atoms with Crippen molar-refractivity contribution in [1.29, 1.82) is 0 Å². The summed E-state index contributed by atoms with van der Waals surface area (Å²) in [5.41, 5.74) is 7.32. The van der Waals surface area contributed by atoms with Crippen LogP contribution in [0.5, 0.6) is 5.75 Å². The first-order valence-corrected chi connectivity index (χ1v) is 12.6. The molecule has 43 heavy (non-hydrogen) atoms. The number of nitrogen functional groups attached to an aromatic ring is 1. The number of nitrogens with two attached hydrogens (primary N) is 1. The summed E-state index contributed by atoms with van der Waals surface area (Å²) in [6, 6.07) is 21.9. The van der Waals surface area contributed by atoms with Crippen LogP contribution in [-0.4, -0.2) is 57.7 Å². The van der Waals surface area contributed by atoms with E-state index in [1.54, 1.807) is 66.9 Å². The molecule has 1 heterocycles. The molecule has 1 atom stereocenters. The zero-order valence-corrected chi connectivity index (χ0v) is 22.4. The van der Waals surface area contributed by atoms with Crippen LogP contribution < -0.4 is 15.8 Å². The van der Waals surface area contributed by atoms with E-state index < -0.39 is 24.2 Å². The molecular formula is C30H26F3N3O7. The normalized spacial score (nSPS) is 11.5. The van der Waals surface area contributed by atoms with Crippen LogP contribution in [0, 0.1) is 0 Å². The van der Waals surface area contributed by atoms with Crippen LogP contribution in [0.3, 0.4) is 0 Å². The summed E-state index contributed by atoms with van der Waals surface area (Å²) < 4.78 is 37.6. The lowest BCUT2D eigenvalue weighted by Crippen LogP contribution is -2.39. The summed E-state index contributed by atoms with van der Waals surface area (Å²) in [5.74, 6) is -3.35. The number of nitrogens with zero attached hydrogens (tertiary/aromatic N) is 1. The minimum absolute atomic E-state index is 0.0648. The maximum Gasteiger partial charge on any atom is 0.490 e. The van der Waals surface area contributed by atoms with Gasteiger partial charge < -0.3 is 26.0 Å². The van der Waals surface area contributed by atoms with Gasteiger partial charge in [0.25, 0.3) is 5.91 Å². The maximum atomic E-state index is 12.9. The SMILES string of the molecule is Nc1nccc2ccc(OC[C@@H](CCC(=O)O)NC(=O)c3ccc(C(=O)c4ccccc4)cc3)cc12.O=C(O)C(F)(F)F. The Bertz CT molecular complexity index is 1590. The molecule has 0 unspecified atom stereocenters. The number of nitrogens with one attached hydrogen (secondary N) is 1. The summed E-state index contributed by atoms with van der Waals surface area (Å²) in [6.45, 7) is 0.0648. The Morgan fingerprint density at radius 1 is 0.884 bits per heavy atom. The number of carbonyl (C=O) groups is 4. The van der Waals surface area contributed by atoms with Crippen molar-refractivity contribution in [1.82, 2.24) is 10.3 Å². The van der Waals surface area contributed by atoms with Gasteiger partial charge in [-0.2, -0.15) is 13.2 Å². The Labute approximate surface area is 242 Å². The molecule has 4 aromatic rings. The van der Waals surface area contributed by atoms with Crippen molar-refractivity contribution in [3.8, 4) is 5.75 Å². The van der Waals surface area contributed by atoms with E-state index in [1.807, 2.05) is 18.2 Å². The summed E-state index contributed by atoms with van der Waals surface area (Å²) in [6.07, 6.45) is -3.41. The van der Waals surface area contributed by atoms with Gasteiger partial charge in [0.2, 0.25) is 0 Å². The van der Waals surface area contributed by atoms with Gasteiger partial charge in [0.15, 0.2) is 5.78 Å². The summed E-state index contributed by atoms with van der Waals surface area (Å²) in [7, 11) is 0. The van der Waals surface area contributed by atoms with E-state index in [4.69, 9.17) is 25.5 Å². The molecule has 0 saturated carbocycles. The summed E-state index contributed by atoms with van der Waals surface area (Å²) in [5, 5.41) is 20.7. The van der Waals surface area contributed by atoms with Crippen LogP contribution in [0.25, 0.3) is 10.8 Å². The molecule has 0 saturated heterocycles. The standard InChI is InChI=1S/C28H25N3O5.C2HF3O2/c29-27-24-16-23(12-10-18(24)14-15-30-27)36-17-22(11-13-25(32)33)31-28(35)21-8-6-20(7-9-21)26(34)19-4-2-1-3-5-19;3-2(4,5)1(6)7/h1-10,12,14-16,22H,11,13,17H2,(H2,29,30)(H,31,35)(H,32,33);(H,6,7)/t22-;/m1./s1.